The number of hydrogen-bond acceptors (Lipinski definition) is 2. The van der Waals surface area contributed by atoms with Crippen LogP contribution >= 0.6 is 11.6 Å². The zero-order valence-corrected chi connectivity index (χ0v) is 16.8. The number of amides is 1. The first kappa shape index (κ1) is 20.0. The summed E-state index contributed by atoms with van der Waals surface area (Å²) in [6.45, 7) is 7.03. The molecule has 2 atom stereocenters. The number of halogens is 1. The van der Waals surface area contributed by atoms with E-state index >= 15 is 0 Å². The molecule has 0 N–H and O–H groups in total. The van der Waals surface area contributed by atoms with Crippen LogP contribution in [0.2, 0.25) is 0 Å². The van der Waals surface area contributed by atoms with Crippen molar-refractivity contribution in [3.63, 3.8) is 0 Å². The van der Waals surface area contributed by atoms with Crippen LogP contribution in [0.1, 0.15) is 31.9 Å². The molecule has 0 spiro atoms. The van der Waals surface area contributed by atoms with Crippen molar-refractivity contribution in [2.75, 3.05) is 13.1 Å². The van der Waals surface area contributed by atoms with Crippen LogP contribution in [-0.4, -0.2) is 43.9 Å². The summed E-state index contributed by atoms with van der Waals surface area (Å²) in [5.74, 6) is -0.172. The van der Waals surface area contributed by atoms with Gasteiger partial charge < -0.3 is 9.64 Å². The average molecular weight is 382 g/mol. The van der Waals surface area contributed by atoms with Gasteiger partial charge in [-0.05, 0) is 16.5 Å². The fourth-order valence-corrected chi connectivity index (χ4v) is 3.77. The van der Waals surface area contributed by atoms with Crippen LogP contribution in [0, 0.1) is 5.41 Å². The summed E-state index contributed by atoms with van der Waals surface area (Å²) < 4.78 is 5.90. The van der Waals surface area contributed by atoms with E-state index in [0.29, 0.717) is 13.1 Å². The molecule has 2 unspecified atom stereocenters. The lowest BCUT2D eigenvalue weighted by Gasteiger charge is -2.45. The van der Waals surface area contributed by atoms with Gasteiger partial charge in [-0.15, -0.1) is 0 Å². The predicted molar refractivity (Wildman–Crippen MR) is 110 cm³/mol. The van der Waals surface area contributed by atoms with Gasteiger partial charge in [0.2, 0.25) is 0 Å². The van der Waals surface area contributed by atoms with Crippen LogP contribution in [0.15, 0.2) is 60.7 Å². The van der Waals surface area contributed by atoms with Gasteiger partial charge >= 0.3 is 0 Å². The topological polar surface area (TPSA) is 29.5 Å². The minimum Gasteiger partial charge on any atom is -0.381 e. The SMILES string of the molecule is [B]C1CN(C(=O)C(Cl)(c2ccccc2)c2ccccc2)CC(C(C)(C)C)O1. The number of alkyl halides is 1. The van der Waals surface area contributed by atoms with Gasteiger partial charge in [0.1, 0.15) is 7.85 Å². The highest BCUT2D eigenvalue weighted by Gasteiger charge is 2.45. The predicted octanol–water partition coefficient (Wildman–Crippen LogP) is 3.94. The molecule has 1 fully saturated rings. The summed E-state index contributed by atoms with van der Waals surface area (Å²) in [7, 11) is 6.11. The lowest BCUT2D eigenvalue weighted by atomic mass is 9.84. The standard InChI is InChI=1S/C22H25BClNO2/c1-21(2,3)18-14-25(15-19(23)27-18)20(26)22(24,16-10-6-4-7-11-16)17-12-8-5-9-13-17/h4-13,18-19H,14-15H2,1-3H3. The summed E-state index contributed by atoms with van der Waals surface area (Å²) in [6.07, 6.45) is -0.155. The normalized spacial score (nSPS) is 21.1. The van der Waals surface area contributed by atoms with E-state index in [1.165, 1.54) is 0 Å². The lowest BCUT2D eigenvalue weighted by Crippen LogP contribution is -2.57. The lowest BCUT2D eigenvalue weighted by molar-refractivity contribution is -0.149. The second kappa shape index (κ2) is 7.69. The van der Waals surface area contributed by atoms with Crippen LogP contribution in [0.3, 0.4) is 0 Å². The van der Waals surface area contributed by atoms with Crippen molar-refractivity contribution in [1.82, 2.24) is 4.90 Å². The van der Waals surface area contributed by atoms with Gasteiger partial charge in [0.25, 0.3) is 5.91 Å². The quantitative estimate of drug-likeness (QED) is 0.595. The Hall–Kier alpha value is -1.78. The third-order valence-corrected chi connectivity index (χ3v) is 5.61. The molecule has 2 aromatic carbocycles. The molecule has 0 aliphatic carbocycles. The van der Waals surface area contributed by atoms with Crippen molar-refractivity contribution in [3.8, 4) is 0 Å². The Labute approximate surface area is 168 Å². The molecule has 1 aliphatic rings. The first-order valence-corrected chi connectivity index (χ1v) is 9.61. The Morgan fingerprint density at radius 2 is 1.48 bits per heavy atom. The van der Waals surface area contributed by atoms with E-state index in [4.69, 9.17) is 24.2 Å². The zero-order valence-electron chi connectivity index (χ0n) is 16.1. The molecule has 140 valence electrons. The van der Waals surface area contributed by atoms with Gasteiger partial charge in [-0.2, -0.15) is 0 Å². The maximum Gasteiger partial charge on any atom is 0.253 e. The smallest absolute Gasteiger partial charge is 0.253 e. The minimum atomic E-state index is -1.30. The number of rotatable bonds is 3. The number of hydrogen-bond donors (Lipinski definition) is 0. The van der Waals surface area contributed by atoms with Crippen LogP contribution in [-0.2, 0) is 14.4 Å². The molecule has 1 saturated heterocycles. The van der Waals surface area contributed by atoms with Gasteiger partial charge in [-0.1, -0.05) is 93.0 Å². The van der Waals surface area contributed by atoms with E-state index in [9.17, 15) is 4.79 Å². The largest absolute Gasteiger partial charge is 0.381 e. The maximum absolute atomic E-state index is 13.7. The number of ether oxygens (including phenoxy) is 1. The molecule has 0 aromatic heterocycles. The maximum atomic E-state index is 13.7. The number of nitrogens with zero attached hydrogens (tertiary/aromatic N) is 1. The molecule has 1 amide bonds. The summed E-state index contributed by atoms with van der Waals surface area (Å²) in [5.41, 5.74) is 1.36. The molecular weight excluding hydrogens is 357 g/mol. The third kappa shape index (κ3) is 4.07. The number of benzene rings is 2. The molecule has 2 aromatic rings. The van der Waals surface area contributed by atoms with E-state index < -0.39 is 10.9 Å². The molecular formula is C22H25BClNO2. The van der Waals surface area contributed by atoms with Crippen molar-refractivity contribution in [3.05, 3.63) is 71.8 Å². The van der Waals surface area contributed by atoms with Crippen molar-refractivity contribution in [2.24, 2.45) is 5.41 Å². The van der Waals surface area contributed by atoms with E-state index in [1.54, 1.807) is 4.90 Å². The van der Waals surface area contributed by atoms with Crippen molar-refractivity contribution >= 4 is 25.4 Å². The monoisotopic (exact) mass is 381 g/mol. The second-order valence-corrected chi connectivity index (χ2v) is 8.70. The summed E-state index contributed by atoms with van der Waals surface area (Å²) in [4.78, 5) is 14.2. The number of carbonyl (C=O) groups is 1. The Morgan fingerprint density at radius 1 is 1.00 bits per heavy atom. The minimum absolute atomic E-state index is 0.134. The Kier molecular flexibility index (Phi) is 5.69. The molecule has 1 heterocycles. The Balaban J connectivity index is 2.01. The average Bonchev–Trinajstić information content (AvgIpc) is 2.67. The van der Waals surface area contributed by atoms with Crippen LogP contribution in [0.25, 0.3) is 0 Å². The van der Waals surface area contributed by atoms with Crippen molar-refractivity contribution < 1.29 is 9.53 Å². The first-order valence-electron chi connectivity index (χ1n) is 9.23. The highest BCUT2D eigenvalue weighted by molar-refractivity contribution is 6.37. The van der Waals surface area contributed by atoms with Crippen LogP contribution in [0.5, 0.6) is 0 Å². The van der Waals surface area contributed by atoms with Gasteiger partial charge in [0.15, 0.2) is 4.87 Å². The molecule has 0 bridgehead atoms. The Morgan fingerprint density at radius 3 is 1.93 bits per heavy atom. The molecule has 27 heavy (non-hydrogen) atoms. The number of carbonyl (C=O) groups excluding carboxylic acids is 1. The van der Waals surface area contributed by atoms with Gasteiger partial charge in [0, 0.05) is 19.1 Å². The second-order valence-electron chi connectivity index (χ2n) is 8.13. The van der Waals surface area contributed by atoms with Crippen molar-refractivity contribution in [2.45, 2.75) is 37.8 Å². The van der Waals surface area contributed by atoms with Gasteiger partial charge in [-0.3, -0.25) is 4.79 Å². The molecule has 3 rings (SSSR count). The molecule has 3 nitrogen and oxygen atoms in total. The van der Waals surface area contributed by atoms with Gasteiger partial charge in [-0.25, -0.2) is 0 Å². The molecule has 0 saturated carbocycles. The fraction of sp³-hybridized carbons (Fsp3) is 0.409. The number of morpholine rings is 1. The van der Waals surface area contributed by atoms with Crippen molar-refractivity contribution in [1.29, 1.82) is 0 Å². The Bertz CT molecular complexity index is 736. The van der Waals surface area contributed by atoms with E-state index in [1.807, 2.05) is 60.7 Å². The van der Waals surface area contributed by atoms with E-state index in [0.717, 1.165) is 11.1 Å². The fourth-order valence-electron chi connectivity index (χ4n) is 3.40. The summed E-state index contributed by atoms with van der Waals surface area (Å²) in [6, 6.07) is 18.4. The van der Waals surface area contributed by atoms with E-state index in [-0.39, 0.29) is 17.4 Å². The molecule has 1 aliphatic heterocycles. The van der Waals surface area contributed by atoms with Crippen LogP contribution in [0.4, 0.5) is 0 Å². The first-order chi connectivity index (χ1) is 12.7. The summed E-state index contributed by atoms with van der Waals surface area (Å²) >= 11 is 7.11. The highest BCUT2D eigenvalue weighted by Crippen LogP contribution is 2.39. The highest BCUT2D eigenvalue weighted by atomic mass is 35.5. The zero-order chi connectivity index (χ0) is 19.7. The third-order valence-electron chi connectivity index (χ3n) is 5.02. The van der Waals surface area contributed by atoms with E-state index in [2.05, 4.69) is 20.8 Å². The van der Waals surface area contributed by atoms with Gasteiger partial charge in [0.05, 0.1) is 6.10 Å². The molecule has 5 heteroatoms. The summed E-state index contributed by atoms with van der Waals surface area (Å²) in [5, 5.41) is 0. The van der Waals surface area contributed by atoms with Crippen LogP contribution < -0.4 is 0 Å². The molecule has 2 radical (unpaired) electrons.